The third kappa shape index (κ3) is 3.57. The Morgan fingerprint density at radius 2 is 1.61 bits per heavy atom. The van der Waals surface area contributed by atoms with Gasteiger partial charge < -0.3 is 9.84 Å². The van der Waals surface area contributed by atoms with Gasteiger partial charge in [-0.15, -0.1) is 0 Å². The molecule has 2 aromatic rings. The van der Waals surface area contributed by atoms with Gasteiger partial charge in [0.1, 0.15) is 12.4 Å². The minimum absolute atomic E-state index is 0.0688. The highest BCUT2D eigenvalue weighted by Crippen LogP contribution is 2.28. The maximum Gasteiger partial charge on any atom is 0.134 e. The van der Waals surface area contributed by atoms with E-state index < -0.39 is 0 Å². The molecule has 0 radical (unpaired) electrons. The smallest absolute Gasteiger partial charge is 0.134 e. The van der Waals surface area contributed by atoms with Crippen LogP contribution in [0.1, 0.15) is 11.1 Å². The number of aliphatic hydroxyl groups is 1. The van der Waals surface area contributed by atoms with Crippen molar-refractivity contribution in [3.63, 3.8) is 0 Å². The van der Waals surface area contributed by atoms with Crippen molar-refractivity contribution in [2.45, 2.75) is 13.2 Å². The summed E-state index contributed by atoms with van der Waals surface area (Å²) < 4.78 is 7.65. The van der Waals surface area contributed by atoms with Gasteiger partial charge in [-0.1, -0.05) is 40.2 Å². The lowest BCUT2D eigenvalue weighted by atomic mass is 10.1. The summed E-state index contributed by atoms with van der Waals surface area (Å²) in [5, 5.41) is 8.96. The van der Waals surface area contributed by atoms with E-state index in [2.05, 4.69) is 31.9 Å². The minimum Gasteiger partial charge on any atom is -0.488 e. The van der Waals surface area contributed by atoms with Crippen LogP contribution in [0, 0.1) is 0 Å². The number of benzene rings is 2. The molecule has 0 atom stereocenters. The highest BCUT2D eigenvalue weighted by molar-refractivity contribution is 9.11. The second kappa shape index (κ2) is 6.36. The second-order valence-corrected chi connectivity index (χ2v) is 5.61. The van der Waals surface area contributed by atoms with Crippen molar-refractivity contribution >= 4 is 31.9 Å². The highest BCUT2D eigenvalue weighted by atomic mass is 79.9. The fourth-order valence-corrected chi connectivity index (χ4v) is 2.66. The molecule has 0 spiro atoms. The van der Waals surface area contributed by atoms with Crippen molar-refractivity contribution in [2.75, 3.05) is 0 Å². The first kappa shape index (κ1) is 13.6. The van der Waals surface area contributed by atoms with Crippen LogP contribution in [0.25, 0.3) is 0 Å². The van der Waals surface area contributed by atoms with E-state index in [1.165, 1.54) is 0 Å². The molecule has 0 aliphatic heterocycles. The predicted molar refractivity (Wildman–Crippen MR) is 78.5 cm³/mol. The lowest BCUT2D eigenvalue weighted by Gasteiger charge is -2.09. The van der Waals surface area contributed by atoms with Crippen LogP contribution in [0.5, 0.6) is 5.75 Å². The quantitative estimate of drug-likeness (QED) is 0.868. The molecular weight excluding hydrogens is 360 g/mol. The fraction of sp³-hybridized carbons (Fsp3) is 0.143. The van der Waals surface area contributed by atoms with Crippen LogP contribution >= 0.6 is 31.9 Å². The number of hydrogen-bond donors (Lipinski definition) is 1. The zero-order chi connectivity index (χ0) is 13.0. The predicted octanol–water partition coefficient (Wildman–Crippen LogP) is 4.28. The number of aliphatic hydroxyl groups excluding tert-OH is 1. The number of ether oxygens (including phenoxy) is 1. The summed E-state index contributed by atoms with van der Waals surface area (Å²) in [5.74, 6) is 0.810. The van der Waals surface area contributed by atoms with Crippen molar-refractivity contribution in [1.82, 2.24) is 0 Å². The average Bonchev–Trinajstić information content (AvgIpc) is 2.38. The van der Waals surface area contributed by atoms with Crippen molar-refractivity contribution in [2.24, 2.45) is 0 Å². The molecule has 0 heterocycles. The summed E-state index contributed by atoms with van der Waals surface area (Å²) in [7, 11) is 0. The number of halogens is 2. The number of rotatable bonds is 4. The molecule has 0 bridgehead atoms. The van der Waals surface area contributed by atoms with E-state index in [0.717, 1.165) is 25.8 Å². The summed E-state index contributed by atoms with van der Waals surface area (Å²) >= 11 is 6.85. The van der Waals surface area contributed by atoms with Crippen LogP contribution < -0.4 is 4.74 Å². The Morgan fingerprint density at radius 3 is 2.22 bits per heavy atom. The molecule has 0 amide bonds. The van der Waals surface area contributed by atoms with Gasteiger partial charge in [-0.2, -0.15) is 0 Å². The Labute approximate surface area is 123 Å². The van der Waals surface area contributed by atoms with E-state index in [4.69, 9.17) is 9.84 Å². The molecule has 2 aromatic carbocycles. The van der Waals surface area contributed by atoms with E-state index in [-0.39, 0.29) is 6.61 Å². The van der Waals surface area contributed by atoms with Gasteiger partial charge in [0.05, 0.1) is 11.1 Å². The molecule has 94 valence electrons. The SMILES string of the molecule is OCc1ccc(COc2ccc(Br)cc2Br)cc1. The van der Waals surface area contributed by atoms with Crippen LogP contribution in [-0.4, -0.2) is 5.11 Å². The Balaban J connectivity index is 2.02. The molecule has 0 saturated heterocycles. The molecule has 0 fully saturated rings. The van der Waals surface area contributed by atoms with Crippen molar-refractivity contribution < 1.29 is 9.84 Å². The summed E-state index contributed by atoms with van der Waals surface area (Å²) in [5.41, 5.74) is 1.98. The summed E-state index contributed by atoms with van der Waals surface area (Å²) in [6, 6.07) is 13.5. The molecule has 18 heavy (non-hydrogen) atoms. The summed E-state index contributed by atoms with van der Waals surface area (Å²) in [6.07, 6.45) is 0. The van der Waals surface area contributed by atoms with E-state index in [0.29, 0.717) is 6.61 Å². The van der Waals surface area contributed by atoms with Crippen molar-refractivity contribution in [1.29, 1.82) is 0 Å². The van der Waals surface area contributed by atoms with Gasteiger partial charge in [0.2, 0.25) is 0 Å². The molecule has 0 aliphatic carbocycles. The highest BCUT2D eigenvalue weighted by Gasteiger charge is 2.02. The molecule has 2 rings (SSSR count). The van der Waals surface area contributed by atoms with Gasteiger partial charge in [-0.05, 0) is 45.3 Å². The standard InChI is InChI=1S/C14H12Br2O2/c15-12-5-6-14(13(16)7-12)18-9-11-3-1-10(8-17)2-4-11/h1-7,17H,8-9H2. The summed E-state index contributed by atoms with van der Waals surface area (Å²) in [6.45, 7) is 0.575. The molecule has 0 aliphatic rings. The largest absolute Gasteiger partial charge is 0.488 e. The molecule has 1 N–H and O–H groups in total. The topological polar surface area (TPSA) is 29.5 Å². The van der Waals surface area contributed by atoms with Crippen LogP contribution in [0.3, 0.4) is 0 Å². The first-order valence-corrected chi connectivity index (χ1v) is 7.04. The summed E-state index contributed by atoms with van der Waals surface area (Å²) in [4.78, 5) is 0. The normalized spacial score (nSPS) is 10.4. The molecule has 4 heteroatoms. The van der Waals surface area contributed by atoms with Crippen molar-refractivity contribution in [3.8, 4) is 5.75 Å². The molecule has 0 saturated carbocycles. The van der Waals surface area contributed by atoms with Crippen LogP contribution in [0.2, 0.25) is 0 Å². The molecular formula is C14H12Br2O2. The lowest BCUT2D eigenvalue weighted by molar-refractivity contribution is 0.281. The average molecular weight is 372 g/mol. The zero-order valence-electron chi connectivity index (χ0n) is 9.57. The van der Waals surface area contributed by atoms with E-state index in [9.17, 15) is 0 Å². The van der Waals surface area contributed by atoms with Gasteiger partial charge in [0, 0.05) is 4.47 Å². The van der Waals surface area contributed by atoms with Gasteiger partial charge >= 0.3 is 0 Å². The van der Waals surface area contributed by atoms with Gasteiger partial charge in [-0.3, -0.25) is 0 Å². The fourth-order valence-electron chi connectivity index (χ4n) is 1.49. The van der Waals surface area contributed by atoms with Crippen LogP contribution in [0.15, 0.2) is 51.4 Å². The van der Waals surface area contributed by atoms with E-state index in [1.807, 2.05) is 42.5 Å². The molecule has 2 nitrogen and oxygen atoms in total. The molecule has 0 unspecified atom stereocenters. The Morgan fingerprint density at radius 1 is 0.944 bits per heavy atom. The minimum atomic E-state index is 0.0688. The monoisotopic (exact) mass is 370 g/mol. The zero-order valence-corrected chi connectivity index (χ0v) is 12.7. The molecule has 0 aromatic heterocycles. The van der Waals surface area contributed by atoms with Crippen molar-refractivity contribution in [3.05, 3.63) is 62.5 Å². The van der Waals surface area contributed by atoms with E-state index >= 15 is 0 Å². The Kier molecular flexibility index (Phi) is 4.80. The first-order valence-electron chi connectivity index (χ1n) is 5.45. The first-order chi connectivity index (χ1) is 8.69. The lowest BCUT2D eigenvalue weighted by Crippen LogP contribution is -1.96. The van der Waals surface area contributed by atoms with Gasteiger partial charge in [0.15, 0.2) is 0 Å². The van der Waals surface area contributed by atoms with Crippen LogP contribution in [0.4, 0.5) is 0 Å². The number of hydrogen-bond acceptors (Lipinski definition) is 2. The maximum atomic E-state index is 8.96. The van der Waals surface area contributed by atoms with E-state index in [1.54, 1.807) is 0 Å². The Hall–Kier alpha value is -0.840. The van der Waals surface area contributed by atoms with Gasteiger partial charge in [-0.25, -0.2) is 0 Å². The second-order valence-electron chi connectivity index (χ2n) is 3.84. The Bertz CT molecular complexity index is 524. The van der Waals surface area contributed by atoms with Gasteiger partial charge in [0.25, 0.3) is 0 Å². The maximum absolute atomic E-state index is 8.96. The third-order valence-electron chi connectivity index (χ3n) is 2.49. The third-order valence-corrected chi connectivity index (χ3v) is 3.61. The van der Waals surface area contributed by atoms with Crippen LogP contribution in [-0.2, 0) is 13.2 Å².